The van der Waals surface area contributed by atoms with Gasteiger partial charge in [0, 0.05) is 16.3 Å². The fraction of sp³-hybridized carbons (Fsp3) is 0.0909. The van der Waals surface area contributed by atoms with E-state index in [1.54, 1.807) is 12.1 Å². The van der Waals surface area contributed by atoms with Gasteiger partial charge in [-0.25, -0.2) is 14.8 Å². The smallest absolute Gasteiger partial charge is 0.357 e. The largest absolute Gasteiger partial charge is 0.448 e. The zero-order chi connectivity index (χ0) is 20.2. The number of rotatable bonds is 5. The molecule has 1 N–H and O–H groups in total. The molecule has 7 heteroatoms. The molecule has 2 aromatic heterocycles. The van der Waals surface area contributed by atoms with Gasteiger partial charge in [-0.15, -0.1) is 11.3 Å². The number of thiazole rings is 1. The van der Waals surface area contributed by atoms with Crippen LogP contribution in [-0.4, -0.2) is 27.9 Å². The van der Waals surface area contributed by atoms with Crippen molar-refractivity contribution in [1.82, 2.24) is 9.97 Å². The zero-order valence-corrected chi connectivity index (χ0v) is 16.3. The number of nitrogens with zero attached hydrogens (tertiary/aromatic N) is 2. The third kappa shape index (κ3) is 4.30. The summed E-state index contributed by atoms with van der Waals surface area (Å²) in [6.45, 7) is 1.51. The number of anilines is 1. The van der Waals surface area contributed by atoms with E-state index >= 15 is 0 Å². The number of amides is 1. The van der Waals surface area contributed by atoms with Crippen molar-refractivity contribution in [2.75, 3.05) is 5.32 Å². The molecule has 0 radical (unpaired) electrons. The van der Waals surface area contributed by atoms with Gasteiger partial charge in [-0.3, -0.25) is 10.1 Å². The van der Waals surface area contributed by atoms with Crippen LogP contribution in [0.2, 0.25) is 0 Å². The van der Waals surface area contributed by atoms with Crippen LogP contribution in [-0.2, 0) is 9.53 Å². The topological polar surface area (TPSA) is 81.2 Å². The van der Waals surface area contributed by atoms with E-state index < -0.39 is 18.0 Å². The molecule has 4 aromatic rings. The highest BCUT2D eigenvalue weighted by atomic mass is 32.1. The summed E-state index contributed by atoms with van der Waals surface area (Å²) in [4.78, 5) is 33.5. The summed E-state index contributed by atoms with van der Waals surface area (Å²) < 4.78 is 5.27. The molecule has 1 amide bonds. The summed E-state index contributed by atoms with van der Waals surface area (Å²) in [5, 5.41) is 5.92. The summed E-state index contributed by atoms with van der Waals surface area (Å²) in [7, 11) is 0. The molecular weight excluding hydrogens is 386 g/mol. The normalized spacial score (nSPS) is 11.8. The molecule has 0 saturated carbocycles. The lowest BCUT2D eigenvalue weighted by molar-refractivity contribution is -0.123. The van der Waals surface area contributed by atoms with Crippen molar-refractivity contribution in [2.45, 2.75) is 13.0 Å². The Morgan fingerprint density at radius 1 is 0.966 bits per heavy atom. The van der Waals surface area contributed by atoms with E-state index in [-0.39, 0.29) is 5.69 Å². The third-order valence-corrected chi connectivity index (χ3v) is 5.02. The lowest BCUT2D eigenvalue weighted by atomic mass is 10.2. The van der Waals surface area contributed by atoms with E-state index in [0.717, 1.165) is 16.6 Å². The van der Waals surface area contributed by atoms with Gasteiger partial charge >= 0.3 is 5.97 Å². The van der Waals surface area contributed by atoms with Gasteiger partial charge < -0.3 is 4.74 Å². The first-order chi connectivity index (χ1) is 14.1. The summed E-state index contributed by atoms with van der Waals surface area (Å²) in [5.74, 6) is -1.10. The maximum Gasteiger partial charge on any atom is 0.357 e. The van der Waals surface area contributed by atoms with Crippen LogP contribution in [0.3, 0.4) is 0 Å². The maximum atomic E-state index is 12.4. The second-order valence-electron chi connectivity index (χ2n) is 6.33. The number of para-hydroxylation sites is 1. The molecule has 4 rings (SSSR count). The number of hydrogen-bond donors (Lipinski definition) is 1. The minimum atomic E-state index is -0.986. The quantitative estimate of drug-likeness (QED) is 0.495. The average molecular weight is 403 g/mol. The van der Waals surface area contributed by atoms with Crippen molar-refractivity contribution in [3.05, 3.63) is 77.8 Å². The van der Waals surface area contributed by atoms with Crippen LogP contribution >= 0.6 is 11.3 Å². The van der Waals surface area contributed by atoms with Gasteiger partial charge in [-0.05, 0) is 19.1 Å². The van der Waals surface area contributed by atoms with Gasteiger partial charge in [0.25, 0.3) is 5.91 Å². The number of esters is 1. The number of fused-ring (bicyclic) bond motifs is 1. The summed E-state index contributed by atoms with van der Waals surface area (Å²) in [5.41, 5.74) is 2.58. The average Bonchev–Trinajstić information content (AvgIpc) is 3.22. The first-order valence-electron chi connectivity index (χ1n) is 8.99. The van der Waals surface area contributed by atoms with Crippen LogP contribution in [0.25, 0.3) is 22.2 Å². The molecule has 6 nitrogen and oxygen atoms in total. The minimum Gasteiger partial charge on any atom is -0.448 e. The molecule has 0 spiro atoms. The van der Waals surface area contributed by atoms with Crippen LogP contribution in [0.15, 0.2) is 72.1 Å². The Kier molecular flexibility index (Phi) is 5.31. The molecule has 2 heterocycles. The van der Waals surface area contributed by atoms with Gasteiger partial charge in [0.15, 0.2) is 11.2 Å². The van der Waals surface area contributed by atoms with Gasteiger partial charge in [-0.2, -0.15) is 0 Å². The number of ether oxygens (including phenoxy) is 1. The van der Waals surface area contributed by atoms with Gasteiger partial charge in [0.05, 0.1) is 11.2 Å². The molecule has 144 valence electrons. The maximum absolute atomic E-state index is 12.4. The van der Waals surface area contributed by atoms with E-state index in [4.69, 9.17) is 4.74 Å². The van der Waals surface area contributed by atoms with E-state index in [1.807, 2.05) is 60.0 Å². The van der Waals surface area contributed by atoms with Crippen LogP contribution in [0.4, 0.5) is 5.13 Å². The molecule has 0 fully saturated rings. The summed E-state index contributed by atoms with van der Waals surface area (Å²) in [6, 6.07) is 20.5. The van der Waals surface area contributed by atoms with E-state index in [1.165, 1.54) is 18.3 Å². The number of carbonyl (C=O) groups is 2. The van der Waals surface area contributed by atoms with Crippen molar-refractivity contribution in [1.29, 1.82) is 0 Å². The highest BCUT2D eigenvalue weighted by molar-refractivity contribution is 7.14. The van der Waals surface area contributed by atoms with E-state index in [2.05, 4.69) is 15.3 Å². The molecule has 0 saturated heterocycles. The van der Waals surface area contributed by atoms with E-state index in [0.29, 0.717) is 10.6 Å². The van der Waals surface area contributed by atoms with Crippen LogP contribution in [0, 0.1) is 0 Å². The first kappa shape index (κ1) is 18.8. The van der Waals surface area contributed by atoms with E-state index in [9.17, 15) is 9.59 Å². The first-order valence-corrected chi connectivity index (χ1v) is 9.87. The van der Waals surface area contributed by atoms with Crippen molar-refractivity contribution in [3.8, 4) is 11.3 Å². The minimum absolute atomic E-state index is 0.156. The third-order valence-electron chi connectivity index (χ3n) is 4.26. The molecule has 2 aromatic carbocycles. The Bertz CT molecular complexity index is 1170. The molecule has 0 aliphatic carbocycles. The molecular formula is C22H17N3O3S. The van der Waals surface area contributed by atoms with Crippen molar-refractivity contribution < 1.29 is 14.3 Å². The number of pyridine rings is 1. The molecule has 0 unspecified atom stereocenters. The number of nitrogens with one attached hydrogen (secondary N) is 1. The standard InChI is InChI=1S/C22H17N3O3S/c1-14(28-21(27)18-12-11-16-9-5-6-10-17(16)23-18)20(26)25-22-24-19(13-29-22)15-7-3-2-4-8-15/h2-14H,1H3,(H,24,25,26)/t14-/m1/s1. The Balaban J connectivity index is 1.40. The monoisotopic (exact) mass is 403 g/mol. The second kappa shape index (κ2) is 8.20. The Morgan fingerprint density at radius 2 is 1.72 bits per heavy atom. The lowest BCUT2D eigenvalue weighted by Crippen LogP contribution is -2.30. The molecule has 0 aliphatic heterocycles. The lowest BCUT2D eigenvalue weighted by Gasteiger charge is -2.12. The Morgan fingerprint density at radius 3 is 2.55 bits per heavy atom. The molecule has 0 aliphatic rings. The van der Waals surface area contributed by atoms with Gasteiger partial charge in [-0.1, -0.05) is 54.6 Å². The number of hydrogen-bond acceptors (Lipinski definition) is 6. The molecule has 0 bridgehead atoms. The van der Waals surface area contributed by atoms with Crippen molar-refractivity contribution in [2.24, 2.45) is 0 Å². The van der Waals surface area contributed by atoms with Crippen molar-refractivity contribution in [3.63, 3.8) is 0 Å². The second-order valence-corrected chi connectivity index (χ2v) is 7.19. The fourth-order valence-corrected chi connectivity index (χ4v) is 3.46. The van der Waals surface area contributed by atoms with Crippen LogP contribution < -0.4 is 5.32 Å². The van der Waals surface area contributed by atoms with Gasteiger partial charge in [0.1, 0.15) is 5.69 Å². The molecule has 29 heavy (non-hydrogen) atoms. The van der Waals surface area contributed by atoms with Crippen molar-refractivity contribution >= 4 is 39.2 Å². The number of aromatic nitrogens is 2. The van der Waals surface area contributed by atoms with Crippen LogP contribution in [0.5, 0.6) is 0 Å². The van der Waals surface area contributed by atoms with Gasteiger partial charge in [0.2, 0.25) is 0 Å². The highest BCUT2D eigenvalue weighted by Crippen LogP contribution is 2.24. The SMILES string of the molecule is C[C@@H](OC(=O)c1ccc2ccccc2n1)C(=O)Nc1nc(-c2ccccc2)cs1. The molecule has 1 atom stereocenters. The highest BCUT2D eigenvalue weighted by Gasteiger charge is 2.21. The predicted octanol–water partition coefficient (Wildman–Crippen LogP) is 4.54. The predicted molar refractivity (Wildman–Crippen MR) is 113 cm³/mol. The summed E-state index contributed by atoms with van der Waals surface area (Å²) in [6.07, 6.45) is -0.986. The number of benzene rings is 2. The van der Waals surface area contributed by atoms with Crippen LogP contribution in [0.1, 0.15) is 17.4 Å². The zero-order valence-electron chi connectivity index (χ0n) is 15.5. The summed E-state index contributed by atoms with van der Waals surface area (Å²) >= 11 is 1.31. The Hall–Kier alpha value is -3.58. The fourth-order valence-electron chi connectivity index (χ4n) is 2.73. The Labute approximate surface area is 171 Å². The number of carbonyl (C=O) groups excluding carboxylic acids is 2.